The standard InChI is InChI=1S/C18H18ClNO/c1-13(14-7-9-16(19)10-8-14)20-17(21)18(11-12-18)15-5-3-2-4-6-15/h2-10,13H,11-12H2,1H3,(H,20,21)/t13-/m0/s1. The van der Waals surface area contributed by atoms with Gasteiger partial charge in [-0.1, -0.05) is 54.1 Å². The number of benzene rings is 2. The van der Waals surface area contributed by atoms with Gasteiger partial charge in [-0.25, -0.2) is 0 Å². The molecule has 1 amide bonds. The molecule has 0 spiro atoms. The molecule has 21 heavy (non-hydrogen) atoms. The van der Waals surface area contributed by atoms with E-state index in [4.69, 9.17) is 11.6 Å². The number of carbonyl (C=O) groups excluding carboxylic acids is 1. The SMILES string of the molecule is C[C@H](NC(=O)C1(c2ccccc2)CC1)c1ccc(Cl)cc1. The smallest absolute Gasteiger partial charge is 0.231 e. The van der Waals surface area contributed by atoms with Crippen molar-refractivity contribution in [3.05, 3.63) is 70.7 Å². The molecule has 0 radical (unpaired) electrons. The molecule has 0 aliphatic heterocycles. The van der Waals surface area contributed by atoms with E-state index < -0.39 is 0 Å². The van der Waals surface area contributed by atoms with Crippen molar-refractivity contribution in [1.29, 1.82) is 0 Å². The van der Waals surface area contributed by atoms with Crippen molar-refractivity contribution in [3.8, 4) is 0 Å². The zero-order chi connectivity index (χ0) is 14.9. The average Bonchev–Trinajstić information content (AvgIpc) is 3.30. The highest BCUT2D eigenvalue weighted by Gasteiger charge is 2.51. The van der Waals surface area contributed by atoms with Crippen LogP contribution in [0.25, 0.3) is 0 Å². The van der Waals surface area contributed by atoms with E-state index in [0.29, 0.717) is 5.02 Å². The molecule has 0 unspecified atom stereocenters. The first-order valence-electron chi connectivity index (χ1n) is 7.24. The molecule has 0 heterocycles. The molecule has 2 nitrogen and oxygen atoms in total. The van der Waals surface area contributed by atoms with Crippen molar-refractivity contribution >= 4 is 17.5 Å². The Bertz CT molecular complexity index is 632. The molecule has 1 atom stereocenters. The summed E-state index contributed by atoms with van der Waals surface area (Å²) in [6.07, 6.45) is 1.85. The van der Waals surface area contributed by atoms with Crippen LogP contribution in [-0.2, 0) is 10.2 Å². The molecule has 2 aromatic carbocycles. The summed E-state index contributed by atoms with van der Waals surface area (Å²) >= 11 is 5.90. The molecule has 1 fully saturated rings. The molecule has 1 saturated carbocycles. The van der Waals surface area contributed by atoms with Gasteiger partial charge in [0, 0.05) is 5.02 Å². The van der Waals surface area contributed by atoms with Crippen molar-refractivity contribution in [3.63, 3.8) is 0 Å². The Kier molecular flexibility index (Phi) is 3.73. The van der Waals surface area contributed by atoms with Crippen LogP contribution in [0.4, 0.5) is 0 Å². The summed E-state index contributed by atoms with van der Waals surface area (Å²) in [4.78, 5) is 12.6. The number of hydrogen-bond acceptors (Lipinski definition) is 1. The second-order valence-corrected chi connectivity index (χ2v) is 6.13. The molecule has 0 bridgehead atoms. The first-order valence-corrected chi connectivity index (χ1v) is 7.61. The Morgan fingerprint density at radius 3 is 2.29 bits per heavy atom. The van der Waals surface area contributed by atoms with E-state index in [1.807, 2.05) is 61.5 Å². The summed E-state index contributed by atoms with van der Waals surface area (Å²) in [5.41, 5.74) is 1.87. The van der Waals surface area contributed by atoms with Crippen LogP contribution in [0.3, 0.4) is 0 Å². The highest BCUT2D eigenvalue weighted by atomic mass is 35.5. The van der Waals surface area contributed by atoms with Gasteiger partial charge in [0.2, 0.25) is 5.91 Å². The van der Waals surface area contributed by atoms with Crippen molar-refractivity contribution in [2.24, 2.45) is 0 Å². The largest absolute Gasteiger partial charge is 0.349 e. The van der Waals surface area contributed by atoms with Gasteiger partial charge in [0.15, 0.2) is 0 Å². The second-order valence-electron chi connectivity index (χ2n) is 5.69. The molecule has 3 heteroatoms. The van der Waals surface area contributed by atoms with Gasteiger partial charge in [0.1, 0.15) is 0 Å². The summed E-state index contributed by atoms with van der Waals surface area (Å²) < 4.78 is 0. The van der Waals surface area contributed by atoms with Crippen molar-refractivity contribution in [1.82, 2.24) is 5.32 Å². The molecule has 3 rings (SSSR count). The van der Waals surface area contributed by atoms with Gasteiger partial charge in [-0.15, -0.1) is 0 Å². The summed E-state index contributed by atoms with van der Waals surface area (Å²) in [6.45, 7) is 2.00. The molecule has 1 N–H and O–H groups in total. The van der Waals surface area contributed by atoms with Crippen molar-refractivity contribution in [2.45, 2.75) is 31.2 Å². The van der Waals surface area contributed by atoms with Crippen LogP contribution in [-0.4, -0.2) is 5.91 Å². The van der Waals surface area contributed by atoms with E-state index in [-0.39, 0.29) is 17.4 Å². The quantitative estimate of drug-likeness (QED) is 0.898. The number of nitrogens with one attached hydrogen (secondary N) is 1. The van der Waals surface area contributed by atoms with Crippen LogP contribution in [0.5, 0.6) is 0 Å². The van der Waals surface area contributed by atoms with E-state index in [1.165, 1.54) is 0 Å². The fraction of sp³-hybridized carbons (Fsp3) is 0.278. The monoisotopic (exact) mass is 299 g/mol. The number of halogens is 1. The predicted octanol–water partition coefficient (Wildman–Crippen LogP) is 4.25. The maximum Gasteiger partial charge on any atom is 0.231 e. The van der Waals surface area contributed by atoms with Crippen LogP contribution in [0.1, 0.15) is 36.9 Å². The predicted molar refractivity (Wildman–Crippen MR) is 85.4 cm³/mol. The third kappa shape index (κ3) is 2.81. The van der Waals surface area contributed by atoms with Crippen LogP contribution < -0.4 is 5.32 Å². The molecule has 0 aromatic heterocycles. The number of hydrogen-bond donors (Lipinski definition) is 1. The van der Waals surface area contributed by atoms with Gasteiger partial charge >= 0.3 is 0 Å². The molecule has 108 valence electrons. The Hall–Kier alpha value is -1.80. The van der Waals surface area contributed by atoms with Gasteiger partial charge < -0.3 is 5.32 Å². The Balaban J connectivity index is 1.73. The van der Waals surface area contributed by atoms with Gasteiger partial charge in [-0.05, 0) is 43.0 Å². The lowest BCUT2D eigenvalue weighted by Gasteiger charge is -2.20. The lowest BCUT2D eigenvalue weighted by Crippen LogP contribution is -2.36. The van der Waals surface area contributed by atoms with Crippen LogP contribution >= 0.6 is 11.6 Å². The van der Waals surface area contributed by atoms with E-state index in [2.05, 4.69) is 5.32 Å². The summed E-state index contributed by atoms with van der Waals surface area (Å²) in [5.74, 6) is 0.121. The van der Waals surface area contributed by atoms with Gasteiger partial charge in [-0.2, -0.15) is 0 Å². The minimum Gasteiger partial charge on any atom is -0.349 e. The van der Waals surface area contributed by atoms with Gasteiger partial charge in [0.05, 0.1) is 11.5 Å². The van der Waals surface area contributed by atoms with Crippen LogP contribution in [0.2, 0.25) is 5.02 Å². The Morgan fingerprint density at radius 2 is 1.71 bits per heavy atom. The minimum atomic E-state index is -0.318. The van der Waals surface area contributed by atoms with Crippen molar-refractivity contribution in [2.75, 3.05) is 0 Å². The van der Waals surface area contributed by atoms with Gasteiger partial charge in [-0.3, -0.25) is 4.79 Å². The summed E-state index contributed by atoms with van der Waals surface area (Å²) in [5, 5.41) is 3.84. The third-order valence-corrected chi connectivity index (χ3v) is 4.48. The Labute approximate surface area is 130 Å². The van der Waals surface area contributed by atoms with E-state index in [9.17, 15) is 4.79 Å². The minimum absolute atomic E-state index is 0.0176. The fourth-order valence-corrected chi connectivity index (χ4v) is 2.82. The summed E-state index contributed by atoms with van der Waals surface area (Å²) in [7, 11) is 0. The number of rotatable bonds is 4. The van der Waals surface area contributed by atoms with Crippen molar-refractivity contribution < 1.29 is 4.79 Å². The highest BCUT2D eigenvalue weighted by Crippen LogP contribution is 2.48. The highest BCUT2D eigenvalue weighted by molar-refractivity contribution is 6.30. The average molecular weight is 300 g/mol. The van der Waals surface area contributed by atoms with E-state index in [1.54, 1.807) is 0 Å². The maximum absolute atomic E-state index is 12.6. The fourth-order valence-electron chi connectivity index (χ4n) is 2.70. The van der Waals surface area contributed by atoms with Crippen LogP contribution in [0, 0.1) is 0 Å². The molecular formula is C18H18ClNO. The molecule has 2 aromatic rings. The Morgan fingerprint density at radius 1 is 1.10 bits per heavy atom. The zero-order valence-electron chi connectivity index (χ0n) is 12.0. The van der Waals surface area contributed by atoms with E-state index >= 15 is 0 Å². The van der Waals surface area contributed by atoms with E-state index in [0.717, 1.165) is 24.0 Å². The normalized spacial score (nSPS) is 17.0. The maximum atomic E-state index is 12.6. The molecular weight excluding hydrogens is 282 g/mol. The molecule has 1 aliphatic rings. The first-order chi connectivity index (χ1) is 10.1. The summed E-state index contributed by atoms with van der Waals surface area (Å²) in [6, 6.07) is 17.6. The lowest BCUT2D eigenvalue weighted by atomic mass is 9.94. The molecule has 0 saturated heterocycles. The first kappa shape index (κ1) is 14.2. The zero-order valence-corrected chi connectivity index (χ0v) is 12.7. The topological polar surface area (TPSA) is 29.1 Å². The second kappa shape index (κ2) is 5.53. The van der Waals surface area contributed by atoms with Crippen LogP contribution in [0.15, 0.2) is 54.6 Å². The van der Waals surface area contributed by atoms with Gasteiger partial charge in [0.25, 0.3) is 0 Å². The third-order valence-electron chi connectivity index (χ3n) is 4.23. The number of amides is 1. The number of carbonyl (C=O) groups is 1. The lowest BCUT2D eigenvalue weighted by molar-refractivity contribution is -0.124. The molecule has 1 aliphatic carbocycles.